The molecule has 0 amide bonds. The van der Waals surface area contributed by atoms with E-state index >= 15 is 0 Å². The molecule has 2 nitrogen and oxygen atoms in total. The third-order valence-corrected chi connectivity index (χ3v) is 5.33. The molecular weight excluding hydrogens is 423 g/mol. The number of alkyl halides is 3. The van der Waals surface area contributed by atoms with Crippen molar-refractivity contribution in [3.8, 4) is 5.75 Å². The zero-order valence-corrected chi connectivity index (χ0v) is 18.0. The van der Waals surface area contributed by atoms with Gasteiger partial charge in [-0.1, -0.05) is 78.9 Å². The molecule has 33 heavy (non-hydrogen) atoms. The van der Waals surface area contributed by atoms with E-state index in [1.807, 2.05) is 79.7 Å². The van der Waals surface area contributed by atoms with E-state index in [2.05, 4.69) is 9.72 Å². The van der Waals surface area contributed by atoms with Gasteiger partial charge in [0.2, 0.25) is 0 Å². The van der Waals surface area contributed by atoms with Gasteiger partial charge in [0.1, 0.15) is 5.75 Å². The third kappa shape index (κ3) is 5.69. The minimum absolute atomic E-state index is 0.249. The van der Waals surface area contributed by atoms with Gasteiger partial charge in [-0.15, -0.1) is 13.2 Å². The smallest absolute Gasteiger partial charge is 0.406 e. The number of ether oxygens (including phenoxy) is 1. The van der Waals surface area contributed by atoms with Crippen LogP contribution in [0.2, 0.25) is 0 Å². The summed E-state index contributed by atoms with van der Waals surface area (Å²) >= 11 is 0. The Morgan fingerprint density at radius 2 is 1.30 bits per heavy atom. The molecular formula is C28H22F3NO. The van der Waals surface area contributed by atoms with Crippen molar-refractivity contribution < 1.29 is 17.9 Å². The Bertz CT molecular complexity index is 1190. The first-order chi connectivity index (χ1) is 15.9. The molecule has 0 spiro atoms. The number of halogens is 3. The van der Waals surface area contributed by atoms with Gasteiger partial charge in [-0.25, -0.2) is 0 Å². The molecule has 0 bridgehead atoms. The van der Waals surface area contributed by atoms with Crippen LogP contribution in [0.25, 0.3) is 11.1 Å². The second kappa shape index (κ2) is 9.74. The first kappa shape index (κ1) is 22.3. The van der Waals surface area contributed by atoms with Crippen molar-refractivity contribution in [2.45, 2.75) is 19.7 Å². The average molecular weight is 445 g/mol. The number of hydrogen-bond acceptors (Lipinski definition) is 2. The van der Waals surface area contributed by atoms with Crippen LogP contribution in [-0.4, -0.2) is 11.3 Å². The summed E-state index contributed by atoms with van der Waals surface area (Å²) < 4.78 is 42.1. The monoisotopic (exact) mass is 445 g/mol. The number of allylic oxidation sites excluding steroid dienone is 1. The van der Waals surface area contributed by atoms with Gasteiger partial charge in [-0.05, 0) is 58.5 Å². The molecule has 0 N–H and O–H groups in total. The van der Waals surface area contributed by atoms with Crippen LogP contribution in [-0.2, 0) is 6.42 Å². The average Bonchev–Trinajstić information content (AvgIpc) is 2.81. The van der Waals surface area contributed by atoms with Crippen molar-refractivity contribution in [1.82, 2.24) is 4.98 Å². The predicted octanol–water partition coefficient (Wildman–Crippen LogP) is 7.49. The molecule has 0 aliphatic heterocycles. The van der Waals surface area contributed by atoms with Gasteiger partial charge >= 0.3 is 6.36 Å². The van der Waals surface area contributed by atoms with E-state index in [0.29, 0.717) is 6.42 Å². The fourth-order valence-electron chi connectivity index (χ4n) is 3.79. The maximum Gasteiger partial charge on any atom is 0.573 e. The number of rotatable bonds is 6. The molecule has 0 unspecified atom stereocenters. The Hall–Kier alpha value is -3.86. The molecule has 0 aliphatic carbocycles. The molecule has 0 fully saturated rings. The van der Waals surface area contributed by atoms with Gasteiger partial charge in [-0.2, -0.15) is 0 Å². The Morgan fingerprint density at radius 1 is 0.727 bits per heavy atom. The summed E-state index contributed by atoms with van der Waals surface area (Å²) in [5.74, 6) is -0.249. The maximum atomic E-state index is 12.7. The van der Waals surface area contributed by atoms with Crippen molar-refractivity contribution in [2.24, 2.45) is 0 Å². The van der Waals surface area contributed by atoms with Crippen LogP contribution in [0, 0.1) is 6.92 Å². The molecule has 0 saturated heterocycles. The SMILES string of the molecule is Cc1cccnc1CC(=C(c1ccccc1)c1ccccc1)c1ccc(OC(F)(F)F)cc1. The Labute approximate surface area is 191 Å². The molecule has 4 aromatic rings. The van der Waals surface area contributed by atoms with Gasteiger partial charge in [-0.3, -0.25) is 4.98 Å². The fraction of sp³-hybridized carbons (Fsp3) is 0.107. The minimum atomic E-state index is -4.73. The highest BCUT2D eigenvalue weighted by atomic mass is 19.4. The summed E-state index contributed by atoms with van der Waals surface area (Å²) in [6.07, 6.45) is -2.46. The lowest BCUT2D eigenvalue weighted by molar-refractivity contribution is -0.274. The molecule has 4 rings (SSSR count). The summed E-state index contributed by atoms with van der Waals surface area (Å²) in [4.78, 5) is 4.57. The van der Waals surface area contributed by atoms with Gasteiger partial charge < -0.3 is 4.74 Å². The van der Waals surface area contributed by atoms with E-state index in [4.69, 9.17) is 0 Å². The topological polar surface area (TPSA) is 22.1 Å². The molecule has 0 radical (unpaired) electrons. The number of hydrogen-bond donors (Lipinski definition) is 0. The molecule has 166 valence electrons. The normalized spacial score (nSPS) is 11.2. The van der Waals surface area contributed by atoms with E-state index in [1.54, 1.807) is 18.3 Å². The molecule has 0 saturated carbocycles. The number of benzene rings is 3. The Kier molecular flexibility index (Phi) is 6.59. The number of aromatic nitrogens is 1. The standard InChI is InChI=1S/C28H22F3NO/c1-20-9-8-18-32-26(20)19-25(21-14-16-24(17-15-21)33-28(29,30)31)27(22-10-4-2-5-11-22)23-12-6-3-7-13-23/h2-18H,19H2,1H3. The van der Waals surface area contributed by atoms with Crippen LogP contribution in [0.15, 0.2) is 103 Å². The van der Waals surface area contributed by atoms with E-state index in [9.17, 15) is 13.2 Å². The third-order valence-electron chi connectivity index (χ3n) is 5.33. The largest absolute Gasteiger partial charge is 0.573 e. The second-order valence-corrected chi connectivity index (χ2v) is 7.60. The van der Waals surface area contributed by atoms with Crippen molar-refractivity contribution in [3.05, 3.63) is 131 Å². The molecule has 0 aliphatic rings. The highest BCUT2D eigenvalue weighted by Crippen LogP contribution is 2.35. The lowest BCUT2D eigenvalue weighted by atomic mass is 9.86. The Morgan fingerprint density at radius 3 is 1.82 bits per heavy atom. The molecule has 3 aromatic carbocycles. The number of aryl methyl sites for hydroxylation is 1. The van der Waals surface area contributed by atoms with Crippen LogP contribution in [0.1, 0.15) is 27.9 Å². The van der Waals surface area contributed by atoms with Crippen LogP contribution < -0.4 is 4.74 Å². The van der Waals surface area contributed by atoms with E-state index < -0.39 is 6.36 Å². The predicted molar refractivity (Wildman–Crippen MR) is 125 cm³/mol. The summed E-state index contributed by atoms with van der Waals surface area (Å²) in [7, 11) is 0. The highest BCUT2D eigenvalue weighted by Gasteiger charge is 2.31. The zero-order valence-electron chi connectivity index (χ0n) is 18.0. The van der Waals surface area contributed by atoms with E-state index in [-0.39, 0.29) is 5.75 Å². The minimum Gasteiger partial charge on any atom is -0.406 e. The lowest BCUT2D eigenvalue weighted by Crippen LogP contribution is -2.17. The first-order valence-electron chi connectivity index (χ1n) is 10.5. The lowest BCUT2D eigenvalue weighted by Gasteiger charge is -2.18. The van der Waals surface area contributed by atoms with Crippen LogP contribution in [0.3, 0.4) is 0 Å². The summed E-state index contributed by atoms with van der Waals surface area (Å²) in [6.45, 7) is 2.00. The second-order valence-electron chi connectivity index (χ2n) is 7.60. The maximum absolute atomic E-state index is 12.7. The molecule has 0 atom stereocenters. The van der Waals surface area contributed by atoms with Crippen LogP contribution >= 0.6 is 0 Å². The van der Waals surface area contributed by atoms with Crippen LogP contribution in [0.5, 0.6) is 5.75 Å². The van der Waals surface area contributed by atoms with E-state index in [0.717, 1.165) is 39.1 Å². The van der Waals surface area contributed by atoms with Gasteiger partial charge in [0.15, 0.2) is 0 Å². The number of pyridine rings is 1. The summed E-state index contributed by atoms with van der Waals surface area (Å²) in [5, 5.41) is 0. The molecule has 1 aromatic heterocycles. The zero-order chi connectivity index (χ0) is 23.3. The van der Waals surface area contributed by atoms with E-state index in [1.165, 1.54) is 12.1 Å². The first-order valence-corrected chi connectivity index (χ1v) is 10.5. The summed E-state index contributed by atoms with van der Waals surface area (Å²) in [5.41, 5.74) is 6.77. The van der Waals surface area contributed by atoms with Crippen molar-refractivity contribution in [3.63, 3.8) is 0 Å². The van der Waals surface area contributed by atoms with Gasteiger partial charge in [0.05, 0.1) is 0 Å². The fourth-order valence-corrected chi connectivity index (χ4v) is 3.79. The van der Waals surface area contributed by atoms with Gasteiger partial charge in [0, 0.05) is 18.3 Å². The van der Waals surface area contributed by atoms with Crippen molar-refractivity contribution in [2.75, 3.05) is 0 Å². The summed E-state index contributed by atoms with van der Waals surface area (Å²) in [6, 6.07) is 29.9. The van der Waals surface area contributed by atoms with Crippen molar-refractivity contribution >= 4 is 11.1 Å². The quantitative estimate of drug-likeness (QED) is 0.287. The Balaban J connectivity index is 1.92. The van der Waals surface area contributed by atoms with Crippen molar-refractivity contribution in [1.29, 1.82) is 0 Å². The highest BCUT2D eigenvalue weighted by molar-refractivity contribution is 5.99. The van der Waals surface area contributed by atoms with Gasteiger partial charge in [0.25, 0.3) is 0 Å². The molecule has 5 heteroatoms. The number of nitrogens with zero attached hydrogens (tertiary/aromatic N) is 1. The molecule has 1 heterocycles. The van der Waals surface area contributed by atoms with Crippen LogP contribution in [0.4, 0.5) is 13.2 Å².